The molecule has 0 aliphatic carbocycles. The molecular weight excluding hydrogens is 338 g/mol. The number of hydrogen-bond donors (Lipinski definition) is 1. The van der Waals surface area contributed by atoms with Crippen LogP contribution in [0.3, 0.4) is 0 Å². The maximum absolute atomic E-state index is 13.6. The molecule has 1 aliphatic rings. The van der Waals surface area contributed by atoms with Crippen molar-refractivity contribution in [3.05, 3.63) is 101 Å². The van der Waals surface area contributed by atoms with E-state index in [-0.39, 0.29) is 23.0 Å². The smallest absolute Gasteiger partial charge is 0.336 e. The van der Waals surface area contributed by atoms with Crippen molar-refractivity contribution in [2.45, 2.75) is 12.0 Å². The third-order valence-electron chi connectivity index (χ3n) is 5.21. The number of hydrogen-bond acceptors (Lipinski definition) is 3. The second-order valence-electron chi connectivity index (χ2n) is 6.72. The summed E-state index contributed by atoms with van der Waals surface area (Å²) in [6, 6.07) is 24.3. The van der Waals surface area contributed by atoms with Gasteiger partial charge in [-0.15, -0.1) is 0 Å². The van der Waals surface area contributed by atoms with Crippen molar-refractivity contribution < 1.29 is 14.7 Å². The van der Waals surface area contributed by atoms with Gasteiger partial charge in [0.2, 0.25) is 0 Å². The van der Waals surface area contributed by atoms with Crippen LogP contribution in [0, 0.1) is 0 Å². The van der Waals surface area contributed by atoms with Crippen LogP contribution in [0.4, 0.5) is 5.69 Å². The molecular formula is C23H19NO3. The molecule has 27 heavy (non-hydrogen) atoms. The summed E-state index contributed by atoms with van der Waals surface area (Å²) in [6.45, 7) is 0. The van der Waals surface area contributed by atoms with Gasteiger partial charge in [0.05, 0.1) is 23.1 Å². The largest absolute Gasteiger partial charge is 0.478 e. The highest BCUT2D eigenvalue weighted by Gasteiger charge is 2.42. The van der Waals surface area contributed by atoms with Crippen molar-refractivity contribution in [2.24, 2.45) is 0 Å². The van der Waals surface area contributed by atoms with Gasteiger partial charge in [-0.3, -0.25) is 4.79 Å². The second kappa shape index (κ2) is 6.72. The standard InChI is InChI=1S/C23H19NO3/c1-24-18-14-8-13-17(23(26)27)20(18)22(25)19(15-9-4-2-5-10-15)21(24)16-11-6-3-7-12-16/h2-14,19,21H,1H3,(H,26,27). The summed E-state index contributed by atoms with van der Waals surface area (Å²) in [5.41, 5.74) is 2.90. The van der Waals surface area contributed by atoms with Crippen LogP contribution in [-0.2, 0) is 0 Å². The van der Waals surface area contributed by atoms with Crippen molar-refractivity contribution >= 4 is 17.4 Å². The first kappa shape index (κ1) is 17.0. The van der Waals surface area contributed by atoms with Crippen LogP contribution >= 0.6 is 0 Å². The Morgan fingerprint density at radius 2 is 1.44 bits per heavy atom. The minimum atomic E-state index is -1.08. The lowest BCUT2D eigenvalue weighted by Crippen LogP contribution is -2.39. The van der Waals surface area contributed by atoms with E-state index in [1.165, 1.54) is 6.07 Å². The average molecular weight is 357 g/mol. The molecule has 4 nitrogen and oxygen atoms in total. The molecule has 0 bridgehead atoms. The number of carbonyl (C=O) groups excluding carboxylic acids is 1. The van der Waals surface area contributed by atoms with E-state index in [0.717, 1.165) is 11.1 Å². The number of rotatable bonds is 3. The van der Waals surface area contributed by atoms with Gasteiger partial charge in [0.15, 0.2) is 5.78 Å². The van der Waals surface area contributed by atoms with Crippen molar-refractivity contribution in [3.63, 3.8) is 0 Å². The summed E-state index contributed by atoms with van der Waals surface area (Å²) in [7, 11) is 1.92. The highest BCUT2D eigenvalue weighted by molar-refractivity contribution is 6.14. The van der Waals surface area contributed by atoms with E-state index >= 15 is 0 Å². The quantitative estimate of drug-likeness (QED) is 0.747. The maximum atomic E-state index is 13.6. The van der Waals surface area contributed by atoms with E-state index in [2.05, 4.69) is 0 Å². The fourth-order valence-electron chi connectivity index (χ4n) is 4.00. The number of Topliss-reactive ketones (excluding diaryl/α,β-unsaturated/α-hetero) is 1. The number of fused-ring (bicyclic) bond motifs is 1. The summed E-state index contributed by atoms with van der Waals surface area (Å²) < 4.78 is 0. The molecule has 4 heteroatoms. The fraction of sp³-hybridized carbons (Fsp3) is 0.130. The van der Waals surface area contributed by atoms with Crippen LogP contribution in [0.15, 0.2) is 78.9 Å². The van der Waals surface area contributed by atoms with Gasteiger partial charge in [0.1, 0.15) is 0 Å². The van der Waals surface area contributed by atoms with Crippen LogP contribution in [-0.4, -0.2) is 23.9 Å². The summed E-state index contributed by atoms with van der Waals surface area (Å²) in [5, 5.41) is 9.61. The molecule has 4 rings (SSSR count). The van der Waals surface area contributed by atoms with Crippen LogP contribution in [0.25, 0.3) is 0 Å². The zero-order chi connectivity index (χ0) is 19.0. The van der Waals surface area contributed by atoms with E-state index in [1.54, 1.807) is 6.07 Å². The molecule has 1 aliphatic heterocycles. The van der Waals surface area contributed by atoms with Crippen LogP contribution < -0.4 is 4.90 Å². The topological polar surface area (TPSA) is 57.6 Å². The Morgan fingerprint density at radius 1 is 0.852 bits per heavy atom. The Balaban J connectivity index is 1.98. The predicted molar refractivity (Wildman–Crippen MR) is 105 cm³/mol. The molecule has 2 atom stereocenters. The number of benzene rings is 3. The number of likely N-dealkylation sites (N-methyl/N-ethyl adjacent to an activating group) is 1. The van der Waals surface area contributed by atoms with Gasteiger partial charge in [0.25, 0.3) is 0 Å². The van der Waals surface area contributed by atoms with Crippen molar-refractivity contribution in [3.8, 4) is 0 Å². The Kier molecular flexibility index (Phi) is 4.24. The predicted octanol–water partition coefficient (Wildman–Crippen LogP) is 4.54. The molecule has 134 valence electrons. The first-order valence-electron chi connectivity index (χ1n) is 8.83. The van der Waals surface area contributed by atoms with Crippen LogP contribution in [0.2, 0.25) is 0 Å². The molecule has 3 aromatic carbocycles. The lowest BCUT2D eigenvalue weighted by molar-refractivity contribution is 0.0690. The number of anilines is 1. The summed E-state index contributed by atoms with van der Waals surface area (Å²) in [6.07, 6.45) is 0. The lowest BCUT2D eigenvalue weighted by Gasteiger charge is -2.41. The molecule has 0 fully saturated rings. The van der Waals surface area contributed by atoms with E-state index in [4.69, 9.17) is 0 Å². The molecule has 0 saturated carbocycles. The Labute approximate surface area is 157 Å². The SMILES string of the molecule is CN1c2cccc(C(=O)O)c2C(=O)C(c2ccccc2)C1c1ccccc1. The third-order valence-corrected chi connectivity index (χ3v) is 5.21. The van der Waals surface area contributed by atoms with Crippen molar-refractivity contribution in [1.29, 1.82) is 0 Å². The highest BCUT2D eigenvalue weighted by Crippen LogP contribution is 2.46. The molecule has 1 N–H and O–H groups in total. The molecule has 1 heterocycles. The van der Waals surface area contributed by atoms with E-state index in [1.807, 2.05) is 78.7 Å². The lowest BCUT2D eigenvalue weighted by atomic mass is 9.76. The zero-order valence-electron chi connectivity index (χ0n) is 14.9. The molecule has 0 aromatic heterocycles. The minimum Gasteiger partial charge on any atom is -0.478 e. The van der Waals surface area contributed by atoms with E-state index in [0.29, 0.717) is 5.69 Å². The minimum absolute atomic E-state index is 0.0526. The van der Waals surface area contributed by atoms with Gasteiger partial charge >= 0.3 is 5.97 Å². The Bertz CT molecular complexity index is 999. The number of ketones is 1. The monoisotopic (exact) mass is 357 g/mol. The van der Waals surface area contributed by atoms with Crippen molar-refractivity contribution in [1.82, 2.24) is 0 Å². The molecule has 2 unspecified atom stereocenters. The number of aromatic carboxylic acids is 1. The third kappa shape index (κ3) is 2.79. The van der Waals surface area contributed by atoms with E-state index in [9.17, 15) is 14.7 Å². The highest BCUT2D eigenvalue weighted by atomic mass is 16.4. The van der Waals surface area contributed by atoms with Gasteiger partial charge in [-0.25, -0.2) is 4.79 Å². The van der Waals surface area contributed by atoms with E-state index < -0.39 is 11.9 Å². The Morgan fingerprint density at radius 3 is 2.04 bits per heavy atom. The number of carbonyl (C=O) groups is 2. The number of carboxylic acid groups (broad SMARTS) is 1. The molecule has 3 aromatic rings. The first-order chi connectivity index (χ1) is 13.1. The van der Waals surface area contributed by atoms with Gasteiger partial charge < -0.3 is 10.0 Å². The summed E-state index contributed by atoms with van der Waals surface area (Å²) >= 11 is 0. The fourth-order valence-corrected chi connectivity index (χ4v) is 4.00. The summed E-state index contributed by atoms with van der Waals surface area (Å²) in [5.74, 6) is -1.72. The average Bonchev–Trinajstić information content (AvgIpc) is 2.71. The maximum Gasteiger partial charge on any atom is 0.336 e. The first-order valence-corrected chi connectivity index (χ1v) is 8.83. The molecule has 0 radical (unpaired) electrons. The van der Waals surface area contributed by atoms with Gasteiger partial charge in [-0.1, -0.05) is 66.7 Å². The normalized spacial score (nSPS) is 18.9. The second-order valence-corrected chi connectivity index (χ2v) is 6.72. The number of carboxylic acids is 1. The van der Waals surface area contributed by atoms with Gasteiger partial charge in [-0.05, 0) is 23.3 Å². The van der Waals surface area contributed by atoms with Gasteiger partial charge in [0, 0.05) is 12.7 Å². The van der Waals surface area contributed by atoms with Crippen molar-refractivity contribution in [2.75, 3.05) is 11.9 Å². The van der Waals surface area contributed by atoms with Crippen LogP contribution in [0.1, 0.15) is 43.8 Å². The molecule has 0 saturated heterocycles. The summed E-state index contributed by atoms with van der Waals surface area (Å²) in [4.78, 5) is 27.4. The zero-order valence-corrected chi connectivity index (χ0v) is 14.9. The number of nitrogens with zero attached hydrogens (tertiary/aromatic N) is 1. The molecule has 0 spiro atoms. The molecule has 0 amide bonds. The Hall–Kier alpha value is -3.40. The van der Waals surface area contributed by atoms with Gasteiger partial charge in [-0.2, -0.15) is 0 Å². The van der Waals surface area contributed by atoms with Crippen LogP contribution in [0.5, 0.6) is 0 Å².